The minimum atomic E-state index is -0.587. The maximum Gasteiger partial charge on any atom is 0.254 e. The minimum absolute atomic E-state index is 0.00300. The number of fused-ring (bicyclic) bond motifs is 1. The SMILES string of the molecule is C[C@H]1CN(CC(=O)Nc2ncc(F)cn2)C(=O)c2ccc(Br)cc21. The van der Waals surface area contributed by atoms with Gasteiger partial charge in [0.25, 0.3) is 5.91 Å². The van der Waals surface area contributed by atoms with Gasteiger partial charge in [-0.25, -0.2) is 14.4 Å². The van der Waals surface area contributed by atoms with Gasteiger partial charge in [0.2, 0.25) is 11.9 Å². The third kappa shape index (κ3) is 3.43. The third-order valence-electron chi connectivity index (χ3n) is 3.76. The Morgan fingerprint density at radius 2 is 2.12 bits per heavy atom. The molecule has 2 amide bonds. The average Bonchev–Trinajstić information content (AvgIpc) is 2.54. The predicted molar refractivity (Wildman–Crippen MR) is 89.1 cm³/mol. The summed E-state index contributed by atoms with van der Waals surface area (Å²) >= 11 is 3.41. The van der Waals surface area contributed by atoms with Gasteiger partial charge < -0.3 is 4.90 Å². The summed E-state index contributed by atoms with van der Waals surface area (Å²) in [4.78, 5) is 33.5. The maximum atomic E-state index is 12.8. The van der Waals surface area contributed by atoms with Crippen LogP contribution >= 0.6 is 15.9 Å². The van der Waals surface area contributed by atoms with Crippen molar-refractivity contribution in [1.82, 2.24) is 14.9 Å². The Bertz CT molecular complexity index is 797. The average molecular weight is 393 g/mol. The first-order chi connectivity index (χ1) is 11.4. The smallest absolute Gasteiger partial charge is 0.254 e. The monoisotopic (exact) mass is 392 g/mol. The lowest BCUT2D eigenvalue weighted by atomic mass is 9.90. The third-order valence-corrected chi connectivity index (χ3v) is 4.26. The fraction of sp³-hybridized carbons (Fsp3) is 0.250. The number of amides is 2. The van der Waals surface area contributed by atoms with Crippen LogP contribution in [0, 0.1) is 5.82 Å². The van der Waals surface area contributed by atoms with E-state index in [9.17, 15) is 14.0 Å². The van der Waals surface area contributed by atoms with Crippen LogP contribution in [0.5, 0.6) is 0 Å². The number of carbonyl (C=O) groups excluding carboxylic acids is 2. The first-order valence-electron chi connectivity index (χ1n) is 7.30. The van der Waals surface area contributed by atoms with E-state index >= 15 is 0 Å². The molecule has 0 radical (unpaired) electrons. The number of carbonyl (C=O) groups is 2. The van der Waals surface area contributed by atoms with E-state index < -0.39 is 11.7 Å². The van der Waals surface area contributed by atoms with Crippen molar-refractivity contribution in [1.29, 1.82) is 0 Å². The number of hydrogen-bond acceptors (Lipinski definition) is 4. The molecule has 1 N–H and O–H groups in total. The van der Waals surface area contributed by atoms with E-state index in [0.717, 1.165) is 22.4 Å². The van der Waals surface area contributed by atoms with Gasteiger partial charge in [-0.1, -0.05) is 22.9 Å². The molecule has 0 saturated carbocycles. The molecule has 6 nitrogen and oxygen atoms in total. The van der Waals surface area contributed by atoms with E-state index in [1.165, 1.54) is 4.90 Å². The topological polar surface area (TPSA) is 75.2 Å². The molecule has 8 heteroatoms. The van der Waals surface area contributed by atoms with Gasteiger partial charge in [-0.3, -0.25) is 14.9 Å². The number of nitrogens with one attached hydrogen (secondary N) is 1. The highest BCUT2D eigenvalue weighted by Gasteiger charge is 2.30. The molecule has 2 aromatic rings. The molecule has 0 saturated heterocycles. The molecule has 0 unspecified atom stereocenters. The summed E-state index contributed by atoms with van der Waals surface area (Å²) in [5, 5.41) is 2.46. The molecule has 0 bridgehead atoms. The zero-order chi connectivity index (χ0) is 17.3. The van der Waals surface area contributed by atoms with E-state index in [-0.39, 0.29) is 24.3 Å². The Morgan fingerprint density at radius 3 is 2.83 bits per heavy atom. The molecule has 1 atom stereocenters. The van der Waals surface area contributed by atoms with Crippen molar-refractivity contribution in [2.75, 3.05) is 18.4 Å². The van der Waals surface area contributed by atoms with Gasteiger partial charge >= 0.3 is 0 Å². The molecule has 1 aliphatic heterocycles. The molecule has 1 aromatic carbocycles. The molecule has 3 rings (SSSR count). The van der Waals surface area contributed by atoms with Crippen molar-refractivity contribution in [3.63, 3.8) is 0 Å². The largest absolute Gasteiger partial charge is 0.329 e. The normalized spacial score (nSPS) is 16.7. The number of aromatic nitrogens is 2. The van der Waals surface area contributed by atoms with Crippen LogP contribution in [0.1, 0.15) is 28.8 Å². The molecule has 1 aromatic heterocycles. The van der Waals surface area contributed by atoms with Crippen molar-refractivity contribution in [2.45, 2.75) is 12.8 Å². The van der Waals surface area contributed by atoms with Crippen molar-refractivity contribution in [3.05, 3.63) is 52.0 Å². The Hall–Kier alpha value is -2.35. The van der Waals surface area contributed by atoms with Gasteiger partial charge in [0.05, 0.1) is 12.4 Å². The van der Waals surface area contributed by atoms with Crippen LogP contribution in [-0.4, -0.2) is 39.8 Å². The highest BCUT2D eigenvalue weighted by molar-refractivity contribution is 9.10. The quantitative estimate of drug-likeness (QED) is 0.870. The number of halogens is 2. The molecule has 0 spiro atoms. The summed E-state index contributed by atoms with van der Waals surface area (Å²) in [6, 6.07) is 5.49. The van der Waals surface area contributed by atoms with Crippen LogP contribution < -0.4 is 5.32 Å². The van der Waals surface area contributed by atoms with Crippen molar-refractivity contribution < 1.29 is 14.0 Å². The van der Waals surface area contributed by atoms with Crippen molar-refractivity contribution >= 4 is 33.7 Å². The number of benzene rings is 1. The van der Waals surface area contributed by atoms with E-state index in [1.54, 1.807) is 12.1 Å². The van der Waals surface area contributed by atoms with Gasteiger partial charge in [0.15, 0.2) is 5.82 Å². The van der Waals surface area contributed by atoms with Gasteiger partial charge in [-0.05, 0) is 29.7 Å². The van der Waals surface area contributed by atoms with Gasteiger partial charge in [0.1, 0.15) is 6.54 Å². The fourth-order valence-corrected chi connectivity index (χ4v) is 3.05. The highest BCUT2D eigenvalue weighted by atomic mass is 79.9. The van der Waals surface area contributed by atoms with E-state index in [4.69, 9.17) is 0 Å². The molecule has 124 valence electrons. The predicted octanol–water partition coefficient (Wildman–Crippen LogP) is 2.58. The van der Waals surface area contributed by atoms with Gasteiger partial charge in [0, 0.05) is 16.6 Å². The van der Waals surface area contributed by atoms with Crippen molar-refractivity contribution in [3.8, 4) is 0 Å². The van der Waals surface area contributed by atoms with E-state index in [1.807, 2.05) is 13.0 Å². The molecule has 0 aliphatic carbocycles. The van der Waals surface area contributed by atoms with Crippen LogP contribution in [0.15, 0.2) is 35.1 Å². The number of anilines is 1. The fourth-order valence-electron chi connectivity index (χ4n) is 2.67. The van der Waals surface area contributed by atoms with Crippen molar-refractivity contribution in [2.24, 2.45) is 0 Å². The highest BCUT2D eigenvalue weighted by Crippen LogP contribution is 2.30. The second-order valence-corrected chi connectivity index (χ2v) is 6.51. The molecule has 2 heterocycles. The lowest BCUT2D eigenvalue weighted by Crippen LogP contribution is -2.43. The van der Waals surface area contributed by atoms with Crippen LogP contribution in [0.4, 0.5) is 10.3 Å². The summed E-state index contributed by atoms with van der Waals surface area (Å²) in [5.74, 6) is -1.09. The van der Waals surface area contributed by atoms with Crippen LogP contribution in [0.3, 0.4) is 0 Å². The standard InChI is InChI=1S/C16H14BrFN4O2/c1-9-7-22(15(24)12-3-2-10(17)4-13(9)12)8-14(23)21-16-19-5-11(18)6-20-16/h2-6,9H,7-8H2,1H3,(H,19,20,21,23)/t9-/m0/s1. The zero-order valence-electron chi connectivity index (χ0n) is 12.8. The molecule has 24 heavy (non-hydrogen) atoms. The maximum absolute atomic E-state index is 12.8. The first kappa shape index (κ1) is 16.5. The van der Waals surface area contributed by atoms with Crippen LogP contribution in [0.2, 0.25) is 0 Å². The summed E-state index contributed by atoms with van der Waals surface area (Å²) in [6.07, 6.45) is 1.93. The lowest BCUT2D eigenvalue weighted by Gasteiger charge is -2.32. The Kier molecular flexibility index (Phi) is 4.57. The first-order valence-corrected chi connectivity index (χ1v) is 8.09. The molecule has 1 aliphatic rings. The van der Waals surface area contributed by atoms with Crippen LogP contribution in [-0.2, 0) is 4.79 Å². The Morgan fingerprint density at radius 1 is 1.42 bits per heavy atom. The Labute approximate surface area is 146 Å². The number of hydrogen-bond donors (Lipinski definition) is 1. The molecule has 0 fully saturated rings. The van der Waals surface area contributed by atoms with E-state index in [0.29, 0.717) is 12.1 Å². The summed E-state index contributed by atoms with van der Waals surface area (Å²) in [6.45, 7) is 2.34. The second kappa shape index (κ2) is 6.64. The molecular weight excluding hydrogens is 379 g/mol. The zero-order valence-corrected chi connectivity index (χ0v) is 14.4. The summed E-state index contributed by atoms with van der Waals surface area (Å²) < 4.78 is 13.7. The van der Waals surface area contributed by atoms with E-state index in [2.05, 4.69) is 31.2 Å². The van der Waals surface area contributed by atoms with Gasteiger partial charge in [-0.15, -0.1) is 0 Å². The minimum Gasteiger partial charge on any atom is -0.329 e. The van der Waals surface area contributed by atoms with Gasteiger partial charge in [-0.2, -0.15) is 0 Å². The number of rotatable bonds is 3. The molecular formula is C16H14BrFN4O2. The number of nitrogens with zero attached hydrogens (tertiary/aromatic N) is 3. The Balaban J connectivity index is 1.71. The summed E-state index contributed by atoms with van der Waals surface area (Å²) in [7, 11) is 0. The lowest BCUT2D eigenvalue weighted by molar-refractivity contribution is -0.117. The summed E-state index contributed by atoms with van der Waals surface area (Å²) in [5.41, 5.74) is 1.57. The van der Waals surface area contributed by atoms with Crippen LogP contribution in [0.25, 0.3) is 0 Å². The second-order valence-electron chi connectivity index (χ2n) is 5.59.